The molecule has 0 spiro atoms. The molecule has 1 atom stereocenters. The van der Waals surface area contributed by atoms with Crippen LogP contribution in [0.4, 0.5) is 0 Å². The Bertz CT molecular complexity index is 706. The van der Waals surface area contributed by atoms with Gasteiger partial charge >= 0.3 is 0 Å². The fourth-order valence-electron chi connectivity index (χ4n) is 3.05. The highest BCUT2D eigenvalue weighted by Gasteiger charge is 2.38. The Morgan fingerprint density at radius 1 is 1.28 bits per heavy atom. The zero-order valence-electron chi connectivity index (χ0n) is 14.1. The molecule has 1 aliphatic rings. The third-order valence-corrected chi connectivity index (χ3v) is 4.45. The van der Waals surface area contributed by atoms with E-state index in [-0.39, 0.29) is 6.54 Å². The van der Waals surface area contributed by atoms with Gasteiger partial charge in [0, 0.05) is 19.3 Å². The number of carbonyl (C=O) groups is 1. The van der Waals surface area contributed by atoms with Gasteiger partial charge < -0.3 is 15.6 Å². The molecular formula is C19H23N3O3. The molecule has 0 bridgehead atoms. The summed E-state index contributed by atoms with van der Waals surface area (Å²) < 4.78 is 5.72. The number of benzene rings is 1. The van der Waals surface area contributed by atoms with Crippen molar-refractivity contribution in [3.63, 3.8) is 0 Å². The fourth-order valence-corrected chi connectivity index (χ4v) is 3.05. The van der Waals surface area contributed by atoms with Crippen LogP contribution in [0.25, 0.3) is 0 Å². The molecule has 3 rings (SSSR count). The van der Waals surface area contributed by atoms with Crippen molar-refractivity contribution >= 4 is 5.91 Å². The lowest BCUT2D eigenvalue weighted by atomic mass is 9.92. The monoisotopic (exact) mass is 341 g/mol. The van der Waals surface area contributed by atoms with Gasteiger partial charge in [0.2, 0.25) is 0 Å². The van der Waals surface area contributed by atoms with Crippen LogP contribution < -0.4 is 10.5 Å². The molecule has 0 radical (unpaired) electrons. The van der Waals surface area contributed by atoms with Gasteiger partial charge in [-0.05, 0) is 49.2 Å². The van der Waals surface area contributed by atoms with Crippen molar-refractivity contribution in [3.05, 3.63) is 59.9 Å². The number of primary amides is 1. The number of β-amino-alcohol motifs (C(OH)–C–C–N with tert-alkyl or cyclic N) is 1. The van der Waals surface area contributed by atoms with Gasteiger partial charge in [-0.3, -0.25) is 14.7 Å². The van der Waals surface area contributed by atoms with Gasteiger partial charge in [-0.15, -0.1) is 0 Å². The lowest BCUT2D eigenvalue weighted by Gasteiger charge is -2.37. The van der Waals surface area contributed by atoms with Gasteiger partial charge in [0.25, 0.3) is 5.91 Å². The van der Waals surface area contributed by atoms with Crippen molar-refractivity contribution in [2.45, 2.75) is 31.6 Å². The average Bonchev–Trinajstić information content (AvgIpc) is 2.62. The van der Waals surface area contributed by atoms with Crippen LogP contribution in [0.1, 0.15) is 24.1 Å². The first-order chi connectivity index (χ1) is 12.0. The topological polar surface area (TPSA) is 88.7 Å². The van der Waals surface area contributed by atoms with Crippen LogP contribution in [-0.2, 0) is 17.9 Å². The Morgan fingerprint density at radius 2 is 2.08 bits per heavy atom. The minimum Gasteiger partial charge on any atom is -0.487 e. The largest absolute Gasteiger partial charge is 0.487 e. The summed E-state index contributed by atoms with van der Waals surface area (Å²) >= 11 is 0. The maximum absolute atomic E-state index is 11.4. The molecule has 6 heteroatoms. The van der Waals surface area contributed by atoms with Gasteiger partial charge in [0.1, 0.15) is 12.4 Å². The van der Waals surface area contributed by atoms with E-state index in [0.717, 1.165) is 30.0 Å². The van der Waals surface area contributed by atoms with Crippen molar-refractivity contribution in [2.75, 3.05) is 13.1 Å². The summed E-state index contributed by atoms with van der Waals surface area (Å²) in [7, 11) is 0. The lowest BCUT2D eigenvalue weighted by molar-refractivity contribution is -0.142. The maximum Gasteiger partial charge on any atom is 0.250 e. The van der Waals surface area contributed by atoms with Crippen LogP contribution in [0.2, 0.25) is 0 Å². The molecule has 2 aromatic rings. The molecule has 0 saturated carbocycles. The second-order valence-electron chi connectivity index (χ2n) is 6.46. The van der Waals surface area contributed by atoms with Crippen molar-refractivity contribution < 1.29 is 14.6 Å². The zero-order valence-corrected chi connectivity index (χ0v) is 14.1. The van der Waals surface area contributed by atoms with E-state index in [9.17, 15) is 9.90 Å². The molecule has 1 saturated heterocycles. The van der Waals surface area contributed by atoms with Crippen LogP contribution in [0, 0.1) is 0 Å². The number of piperidine rings is 1. The summed E-state index contributed by atoms with van der Waals surface area (Å²) in [6, 6.07) is 13.5. The normalized spacial score (nSPS) is 21.0. The first-order valence-corrected chi connectivity index (χ1v) is 8.41. The number of hydrogen-bond acceptors (Lipinski definition) is 5. The standard InChI is InChI=1S/C19H23N3O3/c20-18(23)19(24)9-3-11-22(14-19)12-15-5-7-17(8-6-15)25-13-16-4-1-2-10-21-16/h1-2,4-8,10,24H,3,9,11-14H2,(H2,20,23). The third kappa shape index (κ3) is 4.55. The van der Waals surface area contributed by atoms with Crippen LogP contribution >= 0.6 is 0 Å². The van der Waals surface area contributed by atoms with Crippen LogP contribution in [-0.4, -0.2) is 39.6 Å². The van der Waals surface area contributed by atoms with Gasteiger partial charge in [-0.25, -0.2) is 0 Å². The van der Waals surface area contributed by atoms with E-state index in [1.807, 2.05) is 42.5 Å². The third-order valence-electron chi connectivity index (χ3n) is 4.45. The quantitative estimate of drug-likeness (QED) is 0.831. The molecule has 3 N–H and O–H groups in total. The highest BCUT2D eigenvalue weighted by atomic mass is 16.5. The summed E-state index contributed by atoms with van der Waals surface area (Å²) in [5.41, 5.74) is 5.88. The van der Waals surface area contributed by atoms with E-state index in [1.165, 1.54) is 0 Å². The molecule has 1 aromatic heterocycles. The van der Waals surface area contributed by atoms with E-state index in [1.54, 1.807) is 6.20 Å². The number of carbonyl (C=O) groups excluding carboxylic acids is 1. The molecule has 1 amide bonds. The smallest absolute Gasteiger partial charge is 0.250 e. The Hall–Kier alpha value is -2.44. The SMILES string of the molecule is NC(=O)C1(O)CCCN(Cc2ccc(OCc3ccccn3)cc2)C1. The number of likely N-dealkylation sites (tertiary alicyclic amines) is 1. The van der Waals surface area contributed by atoms with Crippen molar-refractivity contribution in [3.8, 4) is 5.75 Å². The van der Waals surface area contributed by atoms with Gasteiger partial charge in [0.05, 0.1) is 5.69 Å². The van der Waals surface area contributed by atoms with Crippen LogP contribution in [0.15, 0.2) is 48.7 Å². The molecule has 1 aliphatic heterocycles. The van der Waals surface area contributed by atoms with E-state index in [0.29, 0.717) is 19.6 Å². The molecule has 1 fully saturated rings. The Morgan fingerprint density at radius 3 is 2.76 bits per heavy atom. The van der Waals surface area contributed by atoms with E-state index >= 15 is 0 Å². The first kappa shape index (κ1) is 17.4. The molecule has 1 unspecified atom stereocenters. The number of aliphatic hydroxyl groups is 1. The van der Waals surface area contributed by atoms with Crippen LogP contribution in [0.5, 0.6) is 5.75 Å². The molecule has 1 aromatic carbocycles. The summed E-state index contributed by atoms with van der Waals surface area (Å²) in [6.45, 7) is 2.21. The molecule has 132 valence electrons. The minimum atomic E-state index is -1.41. The number of aromatic nitrogens is 1. The molecule has 2 heterocycles. The molecule has 25 heavy (non-hydrogen) atoms. The van der Waals surface area contributed by atoms with Crippen LogP contribution in [0.3, 0.4) is 0 Å². The number of amides is 1. The van der Waals surface area contributed by atoms with E-state index < -0.39 is 11.5 Å². The Kier molecular flexibility index (Phi) is 5.31. The van der Waals surface area contributed by atoms with Gasteiger partial charge in [-0.2, -0.15) is 0 Å². The predicted molar refractivity (Wildman–Crippen MR) is 93.7 cm³/mol. The minimum absolute atomic E-state index is 0.278. The Balaban J connectivity index is 1.55. The highest BCUT2D eigenvalue weighted by molar-refractivity contribution is 5.83. The number of nitrogens with zero attached hydrogens (tertiary/aromatic N) is 2. The second-order valence-corrected chi connectivity index (χ2v) is 6.46. The highest BCUT2D eigenvalue weighted by Crippen LogP contribution is 2.23. The fraction of sp³-hybridized carbons (Fsp3) is 0.368. The summed E-state index contributed by atoms with van der Waals surface area (Å²) in [6.07, 6.45) is 2.93. The zero-order chi connectivity index (χ0) is 17.7. The summed E-state index contributed by atoms with van der Waals surface area (Å²) in [5, 5.41) is 10.3. The number of nitrogens with two attached hydrogens (primary N) is 1. The van der Waals surface area contributed by atoms with Crippen molar-refractivity contribution in [1.29, 1.82) is 0 Å². The summed E-state index contributed by atoms with van der Waals surface area (Å²) in [4.78, 5) is 17.7. The number of pyridine rings is 1. The average molecular weight is 341 g/mol. The number of hydrogen-bond donors (Lipinski definition) is 2. The second kappa shape index (κ2) is 7.63. The first-order valence-electron chi connectivity index (χ1n) is 8.41. The predicted octanol–water partition coefficient (Wildman–Crippen LogP) is 1.47. The number of rotatable bonds is 6. The Labute approximate surface area is 147 Å². The molecule has 6 nitrogen and oxygen atoms in total. The molecular weight excluding hydrogens is 318 g/mol. The molecule has 0 aliphatic carbocycles. The summed E-state index contributed by atoms with van der Waals surface area (Å²) in [5.74, 6) is 0.136. The number of ether oxygens (including phenoxy) is 1. The van der Waals surface area contributed by atoms with Gasteiger partial charge in [-0.1, -0.05) is 18.2 Å². The van der Waals surface area contributed by atoms with E-state index in [4.69, 9.17) is 10.5 Å². The lowest BCUT2D eigenvalue weighted by Crippen LogP contribution is -2.55. The van der Waals surface area contributed by atoms with Crippen molar-refractivity contribution in [2.24, 2.45) is 5.73 Å². The van der Waals surface area contributed by atoms with Gasteiger partial charge in [0.15, 0.2) is 5.60 Å². The maximum atomic E-state index is 11.4. The van der Waals surface area contributed by atoms with Crippen molar-refractivity contribution in [1.82, 2.24) is 9.88 Å². The van der Waals surface area contributed by atoms with E-state index in [2.05, 4.69) is 9.88 Å².